The summed E-state index contributed by atoms with van der Waals surface area (Å²) in [4.78, 5) is 21.8. The highest BCUT2D eigenvalue weighted by Gasteiger charge is 2.11. The first-order valence-corrected chi connectivity index (χ1v) is 6.23. The summed E-state index contributed by atoms with van der Waals surface area (Å²) in [5, 5.41) is 13.4. The molecule has 0 saturated carbocycles. The average molecular weight is 323 g/mol. The maximum atomic E-state index is 12.1. The fourth-order valence-electron chi connectivity index (χ4n) is 1.32. The average Bonchev–Trinajstić information content (AvgIpc) is 2.38. The number of alkyl halides is 2. The Balaban J connectivity index is 2.64. The first-order valence-electron chi connectivity index (χ1n) is 5.85. The van der Waals surface area contributed by atoms with Crippen molar-refractivity contribution in [3.8, 4) is 5.75 Å². The number of urea groups is 1. The normalized spacial score (nSPS) is 10.3. The molecule has 21 heavy (non-hydrogen) atoms. The fourth-order valence-corrected chi connectivity index (χ4v) is 1.48. The molecule has 0 heterocycles. The zero-order chi connectivity index (χ0) is 15.8. The summed E-state index contributed by atoms with van der Waals surface area (Å²) in [6, 6.07) is 3.45. The molecule has 2 amide bonds. The molecule has 0 aliphatic rings. The number of benzene rings is 1. The Hall–Kier alpha value is -2.09. The van der Waals surface area contributed by atoms with Crippen LogP contribution in [0.5, 0.6) is 5.75 Å². The second-order valence-electron chi connectivity index (χ2n) is 3.87. The maximum absolute atomic E-state index is 12.1. The zero-order valence-electron chi connectivity index (χ0n) is 10.7. The van der Waals surface area contributed by atoms with E-state index < -0.39 is 25.0 Å². The van der Waals surface area contributed by atoms with E-state index in [4.69, 9.17) is 21.4 Å². The van der Waals surface area contributed by atoms with Gasteiger partial charge in [0, 0.05) is 17.6 Å². The fraction of sp³-hybridized carbons (Fsp3) is 0.333. The predicted molar refractivity (Wildman–Crippen MR) is 72.2 cm³/mol. The molecule has 0 atom stereocenters. The van der Waals surface area contributed by atoms with Crippen molar-refractivity contribution in [1.29, 1.82) is 0 Å². The second kappa shape index (κ2) is 8.25. The minimum atomic E-state index is -2.67. The van der Waals surface area contributed by atoms with Gasteiger partial charge in [0.2, 0.25) is 0 Å². The molecular formula is C12H13ClF2N2O4. The van der Waals surface area contributed by atoms with Crippen molar-refractivity contribution in [1.82, 2.24) is 5.32 Å². The Morgan fingerprint density at radius 1 is 1.38 bits per heavy atom. The predicted octanol–water partition coefficient (Wildman–Crippen LogP) is 2.58. The number of hydrogen-bond donors (Lipinski definition) is 3. The van der Waals surface area contributed by atoms with Gasteiger partial charge in [-0.2, -0.15) is 0 Å². The standard InChI is InChI=1S/C12H13ClF2N2O4/c13-7-1-2-8(9(5-7)21-6-10(14)15)17-12(20)16-4-3-11(18)19/h1-2,5,10H,3-4,6H2,(H,18,19)(H2,16,17,20). The number of ether oxygens (including phenoxy) is 1. The van der Waals surface area contributed by atoms with Crippen molar-refractivity contribution >= 4 is 29.3 Å². The minimum Gasteiger partial charge on any atom is -0.485 e. The molecule has 9 heteroatoms. The third-order valence-electron chi connectivity index (χ3n) is 2.18. The Kier molecular flexibility index (Phi) is 6.67. The van der Waals surface area contributed by atoms with Gasteiger partial charge in [0.25, 0.3) is 6.43 Å². The summed E-state index contributed by atoms with van der Waals surface area (Å²) in [7, 11) is 0. The van der Waals surface area contributed by atoms with E-state index in [1.54, 1.807) is 0 Å². The van der Waals surface area contributed by atoms with Crippen LogP contribution in [0.2, 0.25) is 5.02 Å². The number of rotatable bonds is 7. The van der Waals surface area contributed by atoms with E-state index in [-0.39, 0.29) is 29.4 Å². The molecule has 0 saturated heterocycles. The van der Waals surface area contributed by atoms with E-state index in [0.29, 0.717) is 0 Å². The second-order valence-corrected chi connectivity index (χ2v) is 4.30. The molecule has 6 nitrogen and oxygen atoms in total. The van der Waals surface area contributed by atoms with Crippen molar-refractivity contribution in [3.63, 3.8) is 0 Å². The Morgan fingerprint density at radius 3 is 2.71 bits per heavy atom. The summed E-state index contributed by atoms with van der Waals surface area (Å²) in [5.41, 5.74) is 0.146. The van der Waals surface area contributed by atoms with Crippen LogP contribution < -0.4 is 15.4 Å². The molecule has 0 bridgehead atoms. The number of carboxylic acid groups (broad SMARTS) is 1. The van der Waals surface area contributed by atoms with Gasteiger partial charge in [-0.05, 0) is 12.1 Å². The van der Waals surface area contributed by atoms with Crippen LogP contribution in [0.1, 0.15) is 6.42 Å². The summed E-state index contributed by atoms with van der Waals surface area (Å²) in [6.45, 7) is -0.905. The van der Waals surface area contributed by atoms with Crippen LogP contribution >= 0.6 is 11.6 Å². The van der Waals surface area contributed by atoms with Crippen molar-refractivity contribution in [3.05, 3.63) is 23.2 Å². The summed E-state index contributed by atoms with van der Waals surface area (Å²) < 4.78 is 29.1. The van der Waals surface area contributed by atoms with Crippen molar-refractivity contribution in [2.24, 2.45) is 0 Å². The molecule has 116 valence electrons. The van der Waals surface area contributed by atoms with E-state index in [9.17, 15) is 18.4 Å². The van der Waals surface area contributed by atoms with Crippen LogP contribution in [0.4, 0.5) is 19.3 Å². The number of aliphatic carboxylic acids is 1. The van der Waals surface area contributed by atoms with Crippen LogP contribution in [-0.4, -0.2) is 36.7 Å². The van der Waals surface area contributed by atoms with Gasteiger partial charge >= 0.3 is 12.0 Å². The maximum Gasteiger partial charge on any atom is 0.319 e. The molecule has 0 radical (unpaired) electrons. The monoisotopic (exact) mass is 322 g/mol. The van der Waals surface area contributed by atoms with Crippen LogP contribution in [0.15, 0.2) is 18.2 Å². The van der Waals surface area contributed by atoms with Crippen molar-refractivity contribution in [2.45, 2.75) is 12.8 Å². The van der Waals surface area contributed by atoms with E-state index in [1.165, 1.54) is 18.2 Å². The van der Waals surface area contributed by atoms with Crippen LogP contribution in [-0.2, 0) is 4.79 Å². The van der Waals surface area contributed by atoms with Crippen LogP contribution in [0, 0.1) is 0 Å². The smallest absolute Gasteiger partial charge is 0.319 e. The third-order valence-corrected chi connectivity index (χ3v) is 2.42. The molecule has 0 unspecified atom stereocenters. The number of carbonyl (C=O) groups is 2. The highest BCUT2D eigenvalue weighted by Crippen LogP contribution is 2.28. The quantitative estimate of drug-likeness (QED) is 0.720. The lowest BCUT2D eigenvalue weighted by Gasteiger charge is -2.13. The first-order chi connectivity index (χ1) is 9.88. The Morgan fingerprint density at radius 2 is 2.10 bits per heavy atom. The number of carboxylic acids is 1. The highest BCUT2D eigenvalue weighted by atomic mass is 35.5. The van der Waals surface area contributed by atoms with E-state index in [0.717, 1.165) is 0 Å². The van der Waals surface area contributed by atoms with Crippen LogP contribution in [0.3, 0.4) is 0 Å². The van der Waals surface area contributed by atoms with E-state index in [2.05, 4.69) is 10.6 Å². The summed E-state index contributed by atoms with van der Waals surface area (Å²) in [6.07, 6.45) is -2.90. The van der Waals surface area contributed by atoms with Gasteiger partial charge in [-0.15, -0.1) is 0 Å². The first kappa shape index (κ1) is 17.0. The minimum absolute atomic E-state index is 0.00353. The topological polar surface area (TPSA) is 87.7 Å². The van der Waals surface area contributed by atoms with Gasteiger partial charge in [-0.3, -0.25) is 4.79 Å². The van der Waals surface area contributed by atoms with Gasteiger partial charge in [-0.1, -0.05) is 11.6 Å². The molecule has 0 aliphatic heterocycles. The lowest BCUT2D eigenvalue weighted by Crippen LogP contribution is -2.30. The van der Waals surface area contributed by atoms with Gasteiger partial charge < -0.3 is 20.5 Å². The third kappa shape index (κ3) is 6.75. The van der Waals surface area contributed by atoms with E-state index >= 15 is 0 Å². The van der Waals surface area contributed by atoms with Crippen molar-refractivity contribution < 1.29 is 28.2 Å². The van der Waals surface area contributed by atoms with Crippen LogP contribution in [0.25, 0.3) is 0 Å². The number of hydrogen-bond acceptors (Lipinski definition) is 3. The molecule has 0 spiro atoms. The molecule has 1 aromatic rings. The lowest BCUT2D eigenvalue weighted by molar-refractivity contribution is -0.136. The Bertz CT molecular complexity index is 514. The number of anilines is 1. The number of carbonyl (C=O) groups excluding carboxylic acids is 1. The molecule has 3 N–H and O–H groups in total. The van der Waals surface area contributed by atoms with Gasteiger partial charge in [0.1, 0.15) is 12.4 Å². The number of amides is 2. The van der Waals surface area contributed by atoms with Crippen molar-refractivity contribution in [2.75, 3.05) is 18.5 Å². The highest BCUT2D eigenvalue weighted by molar-refractivity contribution is 6.30. The van der Waals surface area contributed by atoms with E-state index in [1.807, 2.05) is 0 Å². The molecule has 0 fully saturated rings. The SMILES string of the molecule is O=C(O)CCNC(=O)Nc1ccc(Cl)cc1OCC(F)F. The molecule has 1 rings (SSSR count). The molecular weight excluding hydrogens is 310 g/mol. The van der Waals surface area contributed by atoms with Gasteiger partial charge in [0.05, 0.1) is 12.1 Å². The molecule has 1 aromatic carbocycles. The lowest BCUT2D eigenvalue weighted by atomic mass is 10.3. The largest absolute Gasteiger partial charge is 0.485 e. The van der Waals surface area contributed by atoms with Gasteiger partial charge in [0.15, 0.2) is 0 Å². The molecule has 0 aromatic heterocycles. The number of halogens is 3. The van der Waals surface area contributed by atoms with Gasteiger partial charge in [-0.25, -0.2) is 13.6 Å². The summed E-state index contributed by atoms with van der Waals surface area (Å²) in [5.74, 6) is -1.06. The molecule has 0 aliphatic carbocycles. The summed E-state index contributed by atoms with van der Waals surface area (Å²) >= 11 is 5.73. The zero-order valence-corrected chi connectivity index (χ0v) is 11.5. The Labute approximate surface area is 124 Å². The number of nitrogens with one attached hydrogen (secondary N) is 2.